The van der Waals surface area contributed by atoms with E-state index in [1.807, 2.05) is 30.0 Å². The highest BCUT2D eigenvalue weighted by molar-refractivity contribution is 5.96. The second kappa shape index (κ2) is 7.74. The number of nitrogens with zero attached hydrogens (tertiary/aromatic N) is 2. The van der Waals surface area contributed by atoms with Gasteiger partial charge in [-0.25, -0.2) is 4.79 Å². The van der Waals surface area contributed by atoms with Gasteiger partial charge in [0.1, 0.15) is 0 Å². The molecular weight excluding hydrogens is 352 g/mol. The van der Waals surface area contributed by atoms with Crippen LogP contribution in [0, 0.1) is 13.8 Å². The zero-order chi connectivity index (χ0) is 19.7. The first kappa shape index (κ1) is 18.7. The molecule has 1 saturated carbocycles. The Kier molecular flexibility index (Phi) is 5.16. The van der Waals surface area contributed by atoms with E-state index in [4.69, 9.17) is 4.74 Å². The average Bonchev–Trinajstić information content (AvgIpc) is 3.52. The summed E-state index contributed by atoms with van der Waals surface area (Å²) >= 11 is 0. The number of amides is 1. The first-order valence-electron chi connectivity index (χ1n) is 10.1. The Morgan fingerprint density at radius 1 is 1.18 bits per heavy atom. The van der Waals surface area contributed by atoms with E-state index >= 15 is 0 Å². The van der Waals surface area contributed by atoms with E-state index in [2.05, 4.69) is 11.1 Å². The van der Waals surface area contributed by atoms with Crippen molar-refractivity contribution >= 4 is 22.8 Å². The van der Waals surface area contributed by atoms with Gasteiger partial charge in [0, 0.05) is 17.1 Å². The number of ether oxygens (including phenoxy) is 1. The Morgan fingerprint density at radius 3 is 2.71 bits per heavy atom. The number of allylic oxidation sites excluding steroid dienone is 2. The molecule has 5 nitrogen and oxygen atoms in total. The van der Waals surface area contributed by atoms with Gasteiger partial charge in [0.25, 0.3) is 5.91 Å². The molecule has 0 atom stereocenters. The van der Waals surface area contributed by atoms with Crippen molar-refractivity contribution in [2.45, 2.75) is 58.4 Å². The monoisotopic (exact) mass is 378 g/mol. The van der Waals surface area contributed by atoms with Crippen LogP contribution >= 0.6 is 0 Å². The minimum absolute atomic E-state index is 0.119. The molecule has 0 unspecified atom stereocenters. The Balaban J connectivity index is 1.47. The number of fused-ring (bicyclic) bond motifs is 1. The highest BCUT2D eigenvalue weighted by Gasteiger charge is 2.35. The summed E-state index contributed by atoms with van der Waals surface area (Å²) < 4.78 is 5.40. The number of aromatic nitrogens is 1. The minimum Gasteiger partial charge on any atom is -0.452 e. The summed E-state index contributed by atoms with van der Waals surface area (Å²) in [6.07, 6.45) is 8.48. The number of carbonyl (C=O) groups is 2. The fourth-order valence-corrected chi connectivity index (χ4v) is 3.84. The van der Waals surface area contributed by atoms with E-state index in [1.54, 1.807) is 13.0 Å². The molecule has 0 radical (unpaired) electrons. The van der Waals surface area contributed by atoms with Crippen molar-refractivity contribution in [3.8, 4) is 0 Å². The number of carbonyl (C=O) groups excluding carboxylic acids is 2. The van der Waals surface area contributed by atoms with Gasteiger partial charge in [0.15, 0.2) is 6.61 Å². The number of hydrogen-bond donors (Lipinski definition) is 0. The van der Waals surface area contributed by atoms with E-state index in [0.29, 0.717) is 11.3 Å². The first-order chi connectivity index (χ1) is 13.5. The van der Waals surface area contributed by atoms with Crippen LogP contribution < -0.4 is 0 Å². The van der Waals surface area contributed by atoms with E-state index in [-0.39, 0.29) is 18.6 Å². The second-order valence-electron chi connectivity index (χ2n) is 7.83. The first-order valence-corrected chi connectivity index (χ1v) is 10.1. The van der Waals surface area contributed by atoms with Gasteiger partial charge in [-0.05, 0) is 70.6 Å². The summed E-state index contributed by atoms with van der Waals surface area (Å²) in [6.45, 7) is 3.57. The average molecular weight is 378 g/mol. The SMILES string of the molecule is Cc1ccc2nc(C)c(C(=O)OCC(=O)N(C3=CCCCC3)C3CC3)cc2c1. The van der Waals surface area contributed by atoms with Gasteiger partial charge in [-0.15, -0.1) is 0 Å². The maximum Gasteiger partial charge on any atom is 0.340 e. The molecule has 2 aliphatic rings. The number of pyridine rings is 1. The van der Waals surface area contributed by atoms with Gasteiger partial charge in [-0.3, -0.25) is 9.78 Å². The summed E-state index contributed by atoms with van der Waals surface area (Å²) in [7, 11) is 0. The molecule has 0 spiro atoms. The molecule has 1 amide bonds. The maximum absolute atomic E-state index is 12.8. The quantitative estimate of drug-likeness (QED) is 0.721. The lowest BCUT2D eigenvalue weighted by Gasteiger charge is -2.27. The minimum atomic E-state index is -0.491. The van der Waals surface area contributed by atoms with Crippen molar-refractivity contribution in [2.75, 3.05) is 6.61 Å². The third kappa shape index (κ3) is 3.93. The van der Waals surface area contributed by atoms with Gasteiger partial charge in [0.05, 0.1) is 16.8 Å². The molecule has 1 fully saturated rings. The summed E-state index contributed by atoms with van der Waals surface area (Å²) in [6, 6.07) is 8.02. The third-order valence-corrected chi connectivity index (χ3v) is 5.46. The summed E-state index contributed by atoms with van der Waals surface area (Å²) in [4.78, 5) is 31.8. The lowest BCUT2D eigenvalue weighted by molar-refractivity contribution is -0.133. The van der Waals surface area contributed by atoms with E-state index in [9.17, 15) is 9.59 Å². The van der Waals surface area contributed by atoms with Crippen molar-refractivity contribution in [1.29, 1.82) is 0 Å². The predicted octanol–water partition coefficient (Wildman–Crippen LogP) is 4.46. The van der Waals surface area contributed by atoms with Gasteiger partial charge in [-0.2, -0.15) is 0 Å². The molecule has 1 heterocycles. The van der Waals surface area contributed by atoms with Crippen LogP contribution in [0.1, 0.15) is 60.1 Å². The Labute approximate surface area is 165 Å². The fraction of sp³-hybridized carbons (Fsp3) is 0.435. The maximum atomic E-state index is 12.8. The second-order valence-corrected chi connectivity index (χ2v) is 7.83. The smallest absolute Gasteiger partial charge is 0.340 e. The van der Waals surface area contributed by atoms with Crippen LogP contribution in [-0.4, -0.2) is 34.4 Å². The van der Waals surface area contributed by atoms with Crippen LogP contribution in [0.3, 0.4) is 0 Å². The van der Waals surface area contributed by atoms with Crippen LogP contribution in [-0.2, 0) is 9.53 Å². The molecule has 0 bridgehead atoms. The number of rotatable bonds is 5. The number of esters is 1. The van der Waals surface area contributed by atoms with Gasteiger partial charge < -0.3 is 9.64 Å². The Hall–Kier alpha value is -2.69. The van der Waals surface area contributed by atoms with Crippen molar-refractivity contribution in [1.82, 2.24) is 9.88 Å². The molecule has 4 rings (SSSR count). The highest BCUT2D eigenvalue weighted by Crippen LogP contribution is 2.33. The molecule has 28 heavy (non-hydrogen) atoms. The molecule has 0 saturated heterocycles. The van der Waals surface area contributed by atoms with E-state index in [0.717, 1.165) is 54.3 Å². The summed E-state index contributed by atoms with van der Waals surface area (Å²) in [5.41, 5.74) is 4.09. The van der Waals surface area contributed by atoms with Crippen LogP contribution in [0.2, 0.25) is 0 Å². The number of hydrogen-bond acceptors (Lipinski definition) is 4. The van der Waals surface area contributed by atoms with Gasteiger partial charge >= 0.3 is 5.97 Å². The molecule has 2 aliphatic carbocycles. The summed E-state index contributed by atoms with van der Waals surface area (Å²) in [5.74, 6) is -0.610. The van der Waals surface area contributed by atoms with Crippen LogP contribution in [0.4, 0.5) is 0 Å². The zero-order valence-corrected chi connectivity index (χ0v) is 16.5. The normalized spacial score (nSPS) is 16.6. The van der Waals surface area contributed by atoms with E-state index in [1.165, 1.54) is 6.42 Å². The summed E-state index contributed by atoms with van der Waals surface area (Å²) in [5, 5.41) is 0.899. The van der Waals surface area contributed by atoms with Gasteiger partial charge in [0.2, 0.25) is 0 Å². The third-order valence-electron chi connectivity index (χ3n) is 5.46. The lowest BCUT2D eigenvalue weighted by Crippen LogP contribution is -2.36. The molecule has 1 aromatic heterocycles. The molecule has 146 valence electrons. The molecule has 1 aromatic carbocycles. The van der Waals surface area contributed by atoms with Crippen molar-refractivity contribution < 1.29 is 14.3 Å². The highest BCUT2D eigenvalue weighted by atomic mass is 16.5. The zero-order valence-electron chi connectivity index (χ0n) is 16.5. The molecule has 2 aromatic rings. The largest absolute Gasteiger partial charge is 0.452 e. The van der Waals surface area contributed by atoms with Crippen molar-refractivity contribution in [3.05, 3.63) is 52.9 Å². The fourth-order valence-electron chi connectivity index (χ4n) is 3.84. The van der Waals surface area contributed by atoms with Crippen molar-refractivity contribution in [3.63, 3.8) is 0 Å². The Bertz CT molecular complexity index is 960. The predicted molar refractivity (Wildman–Crippen MR) is 108 cm³/mol. The van der Waals surface area contributed by atoms with Crippen LogP contribution in [0.5, 0.6) is 0 Å². The van der Waals surface area contributed by atoms with Crippen LogP contribution in [0.25, 0.3) is 10.9 Å². The van der Waals surface area contributed by atoms with Crippen molar-refractivity contribution in [2.24, 2.45) is 0 Å². The number of aryl methyl sites for hydroxylation is 2. The molecular formula is C23H26N2O3. The molecule has 0 aliphatic heterocycles. The topological polar surface area (TPSA) is 59.5 Å². The van der Waals surface area contributed by atoms with Crippen LogP contribution in [0.15, 0.2) is 36.0 Å². The van der Waals surface area contributed by atoms with E-state index < -0.39 is 5.97 Å². The standard InChI is InChI=1S/C23H26N2O3/c1-15-8-11-21-17(12-15)13-20(16(2)24-21)23(27)28-14-22(26)25(19-9-10-19)18-6-4-3-5-7-18/h6,8,11-13,19H,3-5,7,9-10,14H2,1-2H3. The number of benzene rings is 1. The Morgan fingerprint density at radius 2 is 2.00 bits per heavy atom. The lowest BCUT2D eigenvalue weighted by atomic mass is 10.0. The van der Waals surface area contributed by atoms with Gasteiger partial charge in [-0.1, -0.05) is 17.7 Å². The molecule has 0 N–H and O–H groups in total. The molecule has 5 heteroatoms.